The molecule has 0 amide bonds. The van der Waals surface area contributed by atoms with Crippen LogP contribution in [0.4, 0.5) is 18.9 Å². The fourth-order valence-electron chi connectivity index (χ4n) is 4.44. The summed E-state index contributed by atoms with van der Waals surface area (Å²) < 4.78 is 42.1. The number of H-pyrrole nitrogens is 1. The molecule has 2 aromatic heterocycles. The number of halogens is 3. The highest BCUT2D eigenvalue weighted by molar-refractivity contribution is 5.88. The van der Waals surface area contributed by atoms with E-state index in [-0.39, 0.29) is 6.42 Å². The number of aryl methyl sites for hydroxylation is 1. The number of nitriles is 1. The molecule has 1 saturated heterocycles. The number of nitrogens with zero attached hydrogens (tertiary/aromatic N) is 4. The molecule has 0 saturated carbocycles. The van der Waals surface area contributed by atoms with E-state index in [9.17, 15) is 18.4 Å². The van der Waals surface area contributed by atoms with Gasteiger partial charge in [0.05, 0.1) is 17.0 Å². The van der Waals surface area contributed by atoms with E-state index in [1.165, 1.54) is 0 Å². The average molecular weight is 462 g/mol. The number of piperazine rings is 1. The second-order valence-electron chi connectivity index (χ2n) is 8.25. The summed E-state index contributed by atoms with van der Waals surface area (Å²) >= 11 is 0. The lowest BCUT2D eigenvalue weighted by Gasteiger charge is -2.29. The SMILES string of the molecule is Cc1c(C#N)c(-c2ccc(N3CCNCC3)cc2)nc2[nH]nc(Cc3c(F)ccc(F)c3F)c12. The average Bonchev–Trinajstić information content (AvgIpc) is 3.28. The summed E-state index contributed by atoms with van der Waals surface area (Å²) in [4.78, 5) is 6.91. The maximum atomic E-state index is 14.2. The quantitative estimate of drug-likeness (QED) is 0.444. The van der Waals surface area contributed by atoms with Crippen molar-refractivity contribution in [1.82, 2.24) is 20.5 Å². The summed E-state index contributed by atoms with van der Waals surface area (Å²) in [5.41, 5.74) is 3.59. The molecule has 9 heteroatoms. The number of benzene rings is 2. The minimum atomic E-state index is -1.25. The first-order chi connectivity index (χ1) is 16.5. The van der Waals surface area contributed by atoms with Gasteiger partial charge >= 0.3 is 0 Å². The molecule has 6 nitrogen and oxygen atoms in total. The molecule has 5 rings (SSSR count). The van der Waals surface area contributed by atoms with Crippen LogP contribution < -0.4 is 10.2 Å². The van der Waals surface area contributed by atoms with Crippen molar-refractivity contribution in [2.45, 2.75) is 13.3 Å². The molecule has 1 aliphatic heterocycles. The normalized spacial score (nSPS) is 13.9. The van der Waals surface area contributed by atoms with E-state index in [1.54, 1.807) is 6.92 Å². The number of aromatic nitrogens is 3. The number of hydrogen-bond acceptors (Lipinski definition) is 5. The van der Waals surface area contributed by atoms with E-state index in [4.69, 9.17) is 0 Å². The smallest absolute Gasteiger partial charge is 0.165 e. The molecule has 0 bridgehead atoms. The first-order valence-corrected chi connectivity index (χ1v) is 10.9. The Morgan fingerprint density at radius 1 is 1.03 bits per heavy atom. The predicted octanol–water partition coefficient (Wildman–Crippen LogP) is 4.22. The van der Waals surface area contributed by atoms with E-state index >= 15 is 0 Å². The van der Waals surface area contributed by atoms with Gasteiger partial charge in [-0.25, -0.2) is 18.2 Å². The Kier molecular flexibility index (Phi) is 5.67. The van der Waals surface area contributed by atoms with Crippen LogP contribution in [0.3, 0.4) is 0 Å². The highest BCUT2D eigenvalue weighted by Gasteiger charge is 2.22. The molecule has 1 aliphatic rings. The number of nitrogens with one attached hydrogen (secondary N) is 2. The van der Waals surface area contributed by atoms with Gasteiger partial charge in [-0.3, -0.25) is 5.10 Å². The maximum absolute atomic E-state index is 14.2. The van der Waals surface area contributed by atoms with Crippen LogP contribution in [-0.4, -0.2) is 41.4 Å². The van der Waals surface area contributed by atoms with Crippen LogP contribution in [-0.2, 0) is 6.42 Å². The number of hydrogen-bond donors (Lipinski definition) is 2. The predicted molar refractivity (Wildman–Crippen MR) is 123 cm³/mol. The molecule has 0 radical (unpaired) electrons. The minimum absolute atomic E-state index is 0.276. The Balaban J connectivity index is 1.55. The van der Waals surface area contributed by atoms with Gasteiger partial charge in [-0.15, -0.1) is 0 Å². The van der Waals surface area contributed by atoms with Crippen LogP contribution in [0.25, 0.3) is 22.3 Å². The minimum Gasteiger partial charge on any atom is -0.369 e. The van der Waals surface area contributed by atoms with Gasteiger partial charge in [0, 0.05) is 54.8 Å². The molecule has 4 aromatic rings. The lowest BCUT2D eigenvalue weighted by atomic mass is 9.97. The van der Waals surface area contributed by atoms with Crippen molar-refractivity contribution in [2.24, 2.45) is 0 Å². The fourth-order valence-corrected chi connectivity index (χ4v) is 4.44. The van der Waals surface area contributed by atoms with Gasteiger partial charge in [0.1, 0.15) is 11.9 Å². The zero-order valence-corrected chi connectivity index (χ0v) is 18.4. The summed E-state index contributed by atoms with van der Waals surface area (Å²) in [7, 11) is 0. The molecule has 2 aromatic carbocycles. The molecule has 1 fully saturated rings. The summed E-state index contributed by atoms with van der Waals surface area (Å²) in [6.45, 7) is 5.47. The van der Waals surface area contributed by atoms with Crippen LogP contribution in [0.1, 0.15) is 22.4 Å². The molecule has 0 atom stereocenters. The van der Waals surface area contributed by atoms with Crippen LogP contribution in [0.2, 0.25) is 0 Å². The van der Waals surface area contributed by atoms with Gasteiger partial charge in [0.15, 0.2) is 17.3 Å². The molecule has 0 spiro atoms. The largest absolute Gasteiger partial charge is 0.369 e. The summed E-state index contributed by atoms with van der Waals surface area (Å²) in [6, 6.07) is 11.7. The third kappa shape index (κ3) is 3.76. The third-order valence-electron chi connectivity index (χ3n) is 6.25. The molecular weight excluding hydrogens is 441 g/mol. The second kappa shape index (κ2) is 8.80. The van der Waals surface area contributed by atoms with Crippen LogP contribution in [0.5, 0.6) is 0 Å². The summed E-state index contributed by atoms with van der Waals surface area (Å²) in [6.07, 6.45) is -0.276. The van der Waals surface area contributed by atoms with Crippen LogP contribution in [0, 0.1) is 35.7 Å². The molecule has 0 aliphatic carbocycles. The van der Waals surface area contributed by atoms with Crippen molar-refractivity contribution >= 4 is 16.7 Å². The van der Waals surface area contributed by atoms with Gasteiger partial charge in [-0.2, -0.15) is 10.4 Å². The number of aromatic amines is 1. The Hall–Kier alpha value is -3.90. The fraction of sp³-hybridized carbons (Fsp3) is 0.240. The molecule has 2 N–H and O–H groups in total. The monoisotopic (exact) mass is 462 g/mol. The van der Waals surface area contributed by atoms with Crippen molar-refractivity contribution in [2.75, 3.05) is 31.1 Å². The van der Waals surface area contributed by atoms with Gasteiger partial charge in [0.25, 0.3) is 0 Å². The first-order valence-electron chi connectivity index (χ1n) is 10.9. The number of pyridine rings is 1. The molecule has 172 valence electrons. The zero-order chi connectivity index (χ0) is 23.8. The highest BCUT2D eigenvalue weighted by atomic mass is 19.2. The summed E-state index contributed by atoms with van der Waals surface area (Å²) in [5.74, 6) is -3.24. The van der Waals surface area contributed by atoms with E-state index in [1.807, 2.05) is 24.3 Å². The van der Waals surface area contributed by atoms with Crippen molar-refractivity contribution in [3.63, 3.8) is 0 Å². The molecule has 0 unspecified atom stereocenters. The van der Waals surface area contributed by atoms with Crippen molar-refractivity contribution in [3.8, 4) is 17.3 Å². The highest BCUT2D eigenvalue weighted by Crippen LogP contribution is 2.32. The van der Waals surface area contributed by atoms with Crippen LogP contribution >= 0.6 is 0 Å². The van der Waals surface area contributed by atoms with E-state index in [0.29, 0.717) is 33.5 Å². The Morgan fingerprint density at radius 3 is 2.44 bits per heavy atom. The Morgan fingerprint density at radius 2 is 1.74 bits per heavy atom. The number of fused-ring (bicyclic) bond motifs is 1. The Bertz CT molecular complexity index is 1420. The lowest BCUT2D eigenvalue weighted by Crippen LogP contribution is -2.43. The zero-order valence-electron chi connectivity index (χ0n) is 18.4. The number of rotatable bonds is 4. The number of anilines is 1. The van der Waals surface area contributed by atoms with Gasteiger partial charge in [0.2, 0.25) is 0 Å². The first kappa shape index (κ1) is 21.9. The van der Waals surface area contributed by atoms with Crippen molar-refractivity contribution in [3.05, 3.63) is 76.2 Å². The molecular formula is C25H21F3N6. The third-order valence-corrected chi connectivity index (χ3v) is 6.25. The van der Waals surface area contributed by atoms with Crippen molar-refractivity contribution < 1.29 is 13.2 Å². The summed E-state index contributed by atoms with van der Waals surface area (Å²) in [5, 5.41) is 20.7. The van der Waals surface area contributed by atoms with Crippen molar-refractivity contribution in [1.29, 1.82) is 5.26 Å². The van der Waals surface area contributed by atoms with E-state index < -0.39 is 23.0 Å². The topological polar surface area (TPSA) is 80.6 Å². The lowest BCUT2D eigenvalue weighted by molar-refractivity contribution is 0.482. The van der Waals surface area contributed by atoms with Gasteiger partial charge in [-0.1, -0.05) is 12.1 Å². The van der Waals surface area contributed by atoms with E-state index in [2.05, 4.69) is 31.5 Å². The van der Waals surface area contributed by atoms with Crippen LogP contribution in [0.15, 0.2) is 36.4 Å². The van der Waals surface area contributed by atoms with E-state index in [0.717, 1.165) is 49.6 Å². The molecule has 3 heterocycles. The molecule has 34 heavy (non-hydrogen) atoms. The van der Waals surface area contributed by atoms with Gasteiger partial charge in [-0.05, 0) is 36.8 Å². The standard InChI is InChI=1S/C25H21F3N6/c1-14-18(13-29)24(15-2-4-16(5-3-15)34-10-8-30-9-11-34)31-25-22(14)21(32-33-25)12-17-19(26)6-7-20(27)23(17)28/h2-7,30H,8-12H2,1H3,(H,31,32,33). The second-order valence-corrected chi connectivity index (χ2v) is 8.25. The maximum Gasteiger partial charge on any atom is 0.165 e. The van der Waals surface area contributed by atoms with Gasteiger partial charge < -0.3 is 10.2 Å². The Labute approximate surface area is 194 Å².